The average molecular weight is 276 g/mol. The summed E-state index contributed by atoms with van der Waals surface area (Å²) >= 11 is 0. The van der Waals surface area contributed by atoms with E-state index in [0.29, 0.717) is 11.9 Å². The van der Waals surface area contributed by atoms with Crippen molar-refractivity contribution < 1.29 is 0 Å². The molecule has 0 aromatic carbocycles. The molecule has 20 heavy (non-hydrogen) atoms. The maximum Gasteiger partial charge on any atom is 0.138 e. The van der Waals surface area contributed by atoms with Crippen LogP contribution in [0.3, 0.4) is 0 Å². The number of anilines is 2. The standard InChI is InChI=1S/C16H28N4/c1-10(2)20(9-12-7-8-12)14-11(3)13(17)18-15(19-14)16(4,5)6/h10,12H,7-9H2,1-6H3,(H2,17,18,19). The van der Waals surface area contributed by atoms with Crippen molar-refractivity contribution in [2.75, 3.05) is 17.2 Å². The molecule has 0 saturated heterocycles. The molecular weight excluding hydrogens is 248 g/mol. The largest absolute Gasteiger partial charge is 0.383 e. The maximum absolute atomic E-state index is 6.12. The molecule has 1 aromatic heterocycles. The van der Waals surface area contributed by atoms with E-state index in [0.717, 1.165) is 29.7 Å². The van der Waals surface area contributed by atoms with Gasteiger partial charge in [-0.1, -0.05) is 20.8 Å². The Balaban J connectivity index is 2.43. The van der Waals surface area contributed by atoms with Crippen molar-refractivity contribution in [2.45, 2.75) is 65.8 Å². The van der Waals surface area contributed by atoms with E-state index in [1.54, 1.807) is 0 Å². The molecule has 0 amide bonds. The van der Waals surface area contributed by atoms with E-state index in [4.69, 9.17) is 10.7 Å². The van der Waals surface area contributed by atoms with Gasteiger partial charge in [0.2, 0.25) is 0 Å². The molecule has 4 nitrogen and oxygen atoms in total. The third-order valence-corrected chi connectivity index (χ3v) is 3.88. The van der Waals surface area contributed by atoms with Gasteiger partial charge in [0.25, 0.3) is 0 Å². The van der Waals surface area contributed by atoms with Gasteiger partial charge in [-0.2, -0.15) is 0 Å². The minimum Gasteiger partial charge on any atom is -0.383 e. The molecule has 0 aliphatic heterocycles. The first-order valence-corrected chi connectivity index (χ1v) is 7.61. The third kappa shape index (κ3) is 3.22. The van der Waals surface area contributed by atoms with Crippen molar-refractivity contribution >= 4 is 11.6 Å². The number of nitrogens with two attached hydrogens (primary N) is 1. The molecule has 0 atom stereocenters. The van der Waals surface area contributed by atoms with Gasteiger partial charge in [0.05, 0.1) is 0 Å². The van der Waals surface area contributed by atoms with Gasteiger partial charge in [-0.25, -0.2) is 9.97 Å². The van der Waals surface area contributed by atoms with Crippen LogP contribution in [-0.4, -0.2) is 22.6 Å². The highest BCUT2D eigenvalue weighted by atomic mass is 15.2. The molecule has 0 unspecified atom stereocenters. The molecule has 112 valence electrons. The highest BCUT2D eigenvalue weighted by Crippen LogP contribution is 2.34. The number of nitrogens with zero attached hydrogens (tertiary/aromatic N) is 3. The summed E-state index contributed by atoms with van der Waals surface area (Å²) in [5.41, 5.74) is 7.05. The van der Waals surface area contributed by atoms with Crippen molar-refractivity contribution in [2.24, 2.45) is 5.92 Å². The molecule has 1 heterocycles. The third-order valence-electron chi connectivity index (χ3n) is 3.88. The van der Waals surface area contributed by atoms with E-state index in [1.165, 1.54) is 12.8 Å². The maximum atomic E-state index is 6.12. The van der Waals surface area contributed by atoms with Gasteiger partial charge >= 0.3 is 0 Å². The number of hydrogen-bond donors (Lipinski definition) is 1. The molecule has 1 aromatic rings. The van der Waals surface area contributed by atoms with Crippen molar-refractivity contribution in [3.05, 3.63) is 11.4 Å². The van der Waals surface area contributed by atoms with Crippen LogP contribution in [0.15, 0.2) is 0 Å². The molecular formula is C16H28N4. The van der Waals surface area contributed by atoms with E-state index in [-0.39, 0.29) is 5.41 Å². The van der Waals surface area contributed by atoms with E-state index in [1.807, 2.05) is 6.92 Å². The van der Waals surface area contributed by atoms with Crippen molar-refractivity contribution in [3.8, 4) is 0 Å². The van der Waals surface area contributed by atoms with Crippen LogP contribution in [0.4, 0.5) is 11.6 Å². The fraction of sp³-hybridized carbons (Fsp3) is 0.750. The average Bonchev–Trinajstić information content (AvgIpc) is 3.12. The quantitative estimate of drug-likeness (QED) is 0.917. The highest BCUT2D eigenvalue weighted by molar-refractivity contribution is 5.57. The predicted octanol–water partition coefficient (Wildman–Crippen LogP) is 3.29. The molecule has 0 bridgehead atoms. The Labute approximate surface area is 122 Å². The smallest absolute Gasteiger partial charge is 0.138 e. The Morgan fingerprint density at radius 1 is 1.25 bits per heavy atom. The summed E-state index contributed by atoms with van der Waals surface area (Å²) in [6.45, 7) is 13.9. The lowest BCUT2D eigenvalue weighted by molar-refractivity contribution is 0.540. The van der Waals surface area contributed by atoms with Crippen LogP contribution in [0.2, 0.25) is 0 Å². The summed E-state index contributed by atoms with van der Waals surface area (Å²) in [6, 6.07) is 0.427. The summed E-state index contributed by atoms with van der Waals surface area (Å²) in [5, 5.41) is 0. The zero-order valence-electron chi connectivity index (χ0n) is 13.7. The monoisotopic (exact) mass is 276 g/mol. The lowest BCUT2D eigenvalue weighted by Crippen LogP contribution is -2.35. The van der Waals surface area contributed by atoms with Gasteiger partial charge in [0.1, 0.15) is 17.5 Å². The SMILES string of the molecule is Cc1c(N)nc(C(C)(C)C)nc1N(CC1CC1)C(C)C. The second kappa shape index (κ2) is 5.23. The van der Waals surface area contributed by atoms with Crippen molar-refractivity contribution in [3.63, 3.8) is 0 Å². The molecule has 1 fully saturated rings. The molecule has 0 spiro atoms. The minimum absolute atomic E-state index is 0.0845. The van der Waals surface area contributed by atoms with Crippen LogP contribution in [0.5, 0.6) is 0 Å². The molecule has 1 aliphatic rings. The van der Waals surface area contributed by atoms with Crippen LogP contribution in [0, 0.1) is 12.8 Å². The number of hydrogen-bond acceptors (Lipinski definition) is 4. The van der Waals surface area contributed by atoms with Gasteiger partial charge in [0, 0.05) is 23.6 Å². The zero-order valence-corrected chi connectivity index (χ0v) is 13.7. The number of aromatic nitrogens is 2. The Kier molecular flexibility index (Phi) is 3.94. The highest BCUT2D eigenvalue weighted by Gasteiger charge is 2.29. The van der Waals surface area contributed by atoms with Crippen molar-refractivity contribution in [1.82, 2.24) is 9.97 Å². The molecule has 1 saturated carbocycles. The first-order chi connectivity index (χ1) is 9.20. The van der Waals surface area contributed by atoms with Gasteiger partial charge in [-0.05, 0) is 39.5 Å². The lowest BCUT2D eigenvalue weighted by atomic mass is 9.95. The summed E-state index contributed by atoms with van der Waals surface area (Å²) in [4.78, 5) is 11.7. The molecule has 4 heteroatoms. The molecule has 2 N–H and O–H groups in total. The number of nitrogen functional groups attached to an aromatic ring is 1. The minimum atomic E-state index is -0.0845. The van der Waals surface area contributed by atoms with Crippen LogP contribution in [0.1, 0.15) is 58.8 Å². The Morgan fingerprint density at radius 3 is 2.30 bits per heavy atom. The van der Waals surface area contributed by atoms with Crippen LogP contribution >= 0.6 is 0 Å². The van der Waals surface area contributed by atoms with E-state index < -0.39 is 0 Å². The molecule has 1 aliphatic carbocycles. The Bertz CT molecular complexity index is 484. The lowest BCUT2D eigenvalue weighted by Gasteiger charge is -2.31. The second-order valence-electron chi connectivity index (χ2n) is 7.32. The van der Waals surface area contributed by atoms with E-state index >= 15 is 0 Å². The fourth-order valence-corrected chi connectivity index (χ4v) is 2.26. The topological polar surface area (TPSA) is 55.0 Å². The Morgan fingerprint density at radius 2 is 1.85 bits per heavy atom. The Hall–Kier alpha value is -1.32. The van der Waals surface area contributed by atoms with Crippen molar-refractivity contribution in [1.29, 1.82) is 0 Å². The summed E-state index contributed by atoms with van der Waals surface area (Å²) < 4.78 is 0. The van der Waals surface area contributed by atoms with E-state index in [9.17, 15) is 0 Å². The molecule has 0 radical (unpaired) electrons. The summed E-state index contributed by atoms with van der Waals surface area (Å²) in [5.74, 6) is 3.29. The zero-order chi connectivity index (χ0) is 15.1. The van der Waals surface area contributed by atoms with Crippen LogP contribution in [-0.2, 0) is 5.41 Å². The van der Waals surface area contributed by atoms with Crippen LogP contribution < -0.4 is 10.6 Å². The fourth-order valence-electron chi connectivity index (χ4n) is 2.26. The van der Waals surface area contributed by atoms with E-state index in [2.05, 4.69) is 44.5 Å². The van der Waals surface area contributed by atoms with Gasteiger partial charge in [-0.15, -0.1) is 0 Å². The first kappa shape index (κ1) is 15.1. The molecule has 2 rings (SSSR count). The predicted molar refractivity (Wildman–Crippen MR) is 85.1 cm³/mol. The number of rotatable bonds is 4. The first-order valence-electron chi connectivity index (χ1n) is 7.61. The van der Waals surface area contributed by atoms with Crippen LogP contribution in [0.25, 0.3) is 0 Å². The van der Waals surface area contributed by atoms with Gasteiger partial charge in [-0.3, -0.25) is 0 Å². The second-order valence-corrected chi connectivity index (χ2v) is 7.32. The summed E-state index contributed by atoms with van der Waals surface area (Å²) in [7, 11) is 0. The summed E-state index contributed by atoms with van der Waals surface area (Å²) in [6.07, 6.45) is 2.68. The van der Waals surface area contributed by atoms with Gasteiger partial charge in [0.15, 0.2) is 0 Å². The van der Waals surface area contributed by atoms with Gasteiger partial charge < -0.3 is 10.6 Å². The normalized spacial score (nSPS) is 15.8.